The molecule has 0 radical (unpaired) electrons. The van der Waals surface area contributed by atoms with Gasteiger partial charge in [0, 0.05) is 5.56 Å². The molecule has 0 fully saturated rings. The van der Waals surface area contributed by atoms with Gasteiger partial charge in [-0.2, -0.15) is 0 Å². The molecule has 94 valence electrons. The number of nitrogens with one attached hydrogen (secondary N) is 1. The van der Waals surface area contributed by atoms with Gasteiger partial charge in [0.2, 0.25) is 5.91 Å². The first-order chi connectivity index (χ1) is 7.97. The number of aromatic nitrogens is 2. The van der Waals surface area contributed by atoms with E-state index in [1.165, 1.54) is 6.33 Å². The fraction of sp³-hybridized carbons (Fsp3) is 0.545. The molecule has 1 rings (SSSR count). The number of nitrogens with two attached hydrogens (primary N) is 1. The quantitative estimate of drug-likeness (QED) is 0.785. The number of hydrogen-bond donors (Lipinski definition) is 2. The highest BCUT2D eigenvalue weighted by atomic mass is 35.5. The Labute approximate surface area is 106 Å². The number of carbonyl (C=O) groups is 1. The van der Waals surface area contributed by atoms with Crippen LogP contribution >= 0.6 is 11.6 Å². The maximum absolute atomic E-state index is 11.3. The zero-order valence-corrected chi connectivity index (χ0v) is 11.0. The summed E-state index contributed by atoms with van der Waals surface area (Å²) in [6.07, 6.45) is 2.05. The lowest BCUT2D eigenvalue weighted by atomic mass is 10.0. The first-order valence-corrected chi connectivity index (χ1v) is 5.90. The van der Waals surface area contributed by atoms with Crippen molar-refractivity contribution in [3.05, 3.63) is 17.0 Å². The largest absolute Gasteiger partial charge is 0.368 e. The van der Waals surface area contributed by atoms with E-state index >= 15 is 0 Å². The van der Waals surface area contributed by atoms with E-state index in [2.05, 4.69) is 15.3 Å². The molecular formula is C11H17ClN4O. The summed E-state index contributed by atoms with van der Waals surface area (Å²) in [5.41, 5.74) is 6.13. The van der Waals surface area contributed by atoms with E-state index in [1.807, 2.05) is 20.8 Å². The van der Waals surface area contributed by atoms with Gasteiger partial charge in [0.1, 0.15) is 23.3 Å². The van der Waals surface area contributed by atoms with E-state index in [0.29, 0.717) is 17.4 Å². The van der Waals surface area contributed by atoms with Crippen molar-refractivity contribution in [1.82, 2.24) is 9.97 Å². The molecule has 1 atom stereocenters. The second-order valence-corrected chi connectivity index (χ2v) is 4.47. The van der Waals surface area contributed by atoms with Gasteiger partial charge in [-0.15, -0.1) is 0 Å². The number of nitrogens with zero attached hydrogens (tertiary/aromatic N) is 2. The predicted octanol–water partition coefficient (Wildman–Crippen LogP) is 1.61. The maximum atomic E-state index is 11.3. The topological polar surface area (TPSA) is 80.9 Å². The van der Waals surface area contributed by atoms with Crippen molar-refractivity contribution >= 4 is 23.3 Å². The Hall–Kier alpha value is -1.36. The fourth-order valence-corrected chi connectivity index (χ4v) is 1.81. The summed E-state index contributed by atoms with van der Waals surface area (Å²) in [5.74, 6) is 0.243. The number of hydrogen-bond acceptors (Lipinski definition) is 4. The van der Waals surface area contributed by atoms with Gasteiger partial charge in [-0.05, 0) is 12.3 Å². The minimum atomic E-state index is -0.466. The molecule has 1 heterocycles. The highest BCUT2D eigenvalue weighted by molar-refractivity contribution is 6.30. The van der Waals surface area contributed by atoms with Gasteiger partial charge in [-0.3, -0.25) is 4.79 Å². The average Bonchev–Trinajstić information content (AvgIpc) is 2.25. The van der Waals surface area contributed by atoms with Gasteiger partial charge in [0.15, 0.2) is 0 Å². The first-order valence-electron chi connectivity index (χ1n) is 5.52. The molecule has 0 aliphatic carbocycles. The van der Waals surface area contributed by atoms with Crippen LogP contribution in [0.25, 0.3) is 0 Å². The molecule has 1 amide bonds. The molecule has 5 nitrogen and oxygen atoms in total. The van der Waals surface area contributed by atoms with Crippen molar-refractivity contribution in [2.45, 2.75) is 33.2 Å². The highest BCUT2D eigenvalue weighted by Crippen LogP contribution is 2.21. The number of primary amides is 1. The van der Waals surface area contributed by atoms with Crippen molar-refractivity contribution in [3.8, 4) is 0 Å². The van der Waals surface area contributed by atoms with E-state index in [1.54, 1.807) is 0 Å². The fourth-order valence-electron chi connectivity index (χ4n) is 1.54. The Kier molecular flexibility index (Phi) is 4.69. The van der Waals surface area contributed by atoms with E-state index in [4.69, 9.17) is 17.3 Å². The zero-order chi connectivity index (χ0) is 13.0. The van der Waals surface area contributed by atoms with Crippen molar-refractivity contribution in [2.75, 3.05) is 5.32 Å². The molecule has 1 aromatic heterocycles. The van der Waals surface area contributed by atoms with Crippen LogP contribution in [-0.4, -0.2) is 21.9 Å². The summed E-state index contributed by atoms with van der Waals surface area (Å²) >= 11 is 5.96. The molecule has 0 spiro atoms. The van der Waals surface area contributed by atoms with Crippen LogP contribution in [-0.2, 0) is 11.2 Å². The molecule has 1 unspecified atom stereocenters. The number of rotatable bonds is 5. The van der Waals surface area contributed by atoms with Crippen molar-refractivity contribution in [1.29, 1.82) is 0 Å². The lowest BCUT2D eigenvalue weighted by Gasteiger charge is -2.21. The number of amides is 1. The van der Waals surface area contributed by atoms with E-state index < -0.39 is 11.9 Å². The van der Waals surface area contributed by atoms with Crippen LogP contribution in [0.2, 0.25) is 5.15 Å². The molecule has 3 N–H and O–H groups in total. The molecule has 0 aliphatic heterocycles. The van der Waals surface area contributed by atoms with E-state index in [0.717, 1.165) is 5.56 Å². The molecule has 1 aromatic rings. The van der Waals surface area contributed by atoms with Crippen LogP contribution in [0.5, 0.6) is 0 Å². The molecule has 0 aromatic carbocycles. The lowest BCUT2D eigenvalue weighted by molar-refractivity contribution is -0.119. The van der Waals surface area contributed by atoms with Crippen molar-refractivity contribution in [2.24, 2.45) is 11.7 Å². The minimum Gasteiger partial charge on any atom is -0.368 e. The first kappa shape index (κ1) is 13.7. The predicted molar refractivity (Wildman–Crippen MR) is 67.9 cm³/mol. The van der Waals surface area contributed by atoms with E-state index in [-0.39, 0.29) is 5.92 Å². The molecule has 0 saturated heterocycles. The highest BCUT2D eigenvalue weighted by Gasteiger charge is 2.21. The van der Waals surface area contributed by atoms with Gasteiger partial charge in [-0.1, -0.05) is 32.4 Å². The van der Waals surface area contributed by atoms with Crippen molar-refractivity contribution < 1.29 is 4.79 Å². The number of anilines is 1. The monoisotopic (exact) mass is 256 g/mol. The summed E-state index contributed by atoms with van der Waals surface area (Å²) < 4.78 is 0. The molecule has 0 aliphatic rings. The van der Waals surface area contributed by atoms with Crippen LogP contribution in [0, 0.1) is 5.92 Å². The zero-order valence-electron chi connectivity index (χ0n) is 10.2. The average molecular weight is 257 g/mol. The Morgan fingerprint density at radius 1 is 1.53 bits per heavy atom. The Morgan fingerprint density at radius 2 is 2.18 bits per heavy atom. The number of halogens is 1. The normalized spacial score (nSPS) is 12.5. The summed E-state index contributed by atoms with van der Waals surface area (Å²) in [4.78, 5) is 19.3. The molecule has 17 heavy (non-hydrogen) atoms. The summed E-state index contributed by atoms with van der Waals surface area (Å²) in [6, 6.07) is -0.466. The van der Waals surface area contributed by atoms with E-state index in [9.17, 15) is 4.79 Å². The smallest absolute Gasteiger partial charge is 0.240 e. The van der Waals surface area contributed by atoms with Gasteiger partial charge in [0.25, 0.3) is 0 Å². The molecule has 0 bridgehead atoms. The lowest BCUT2D eigenvalue weighted by Crippen LogP contribution is -2.40. The van der Waals surface area contributed by atoms with Crippen LogP contribution < -0.4 is 11.1 Å². The van der Waals surface area contributed by atoms with Gasteiger partial charge in [-0.25, -0.2) is 9.97 Å². The Morgan fingerprint density at radius 3 is 2.65 bits per heavy atom. The molecule has 0 saturated carbocycles. The third kappa shape index (κ3) is 3.30. The Bertz CT molecular complexity index is 408. The Balaban J connectivity index is 3.01. The second-order valence-electron chi connectivity index (χ2n) is 4.11. The SMILES string of the molecule is CCc1c(Cl)ncnc1NC(C(N)=O)C(C)C. The van der Waals surface area contributed by atoms with Crippen LogP contribution in [0.15, 0.2) is 6.33 Å². The summed E-state index contributed by atoms with van der Waals surface area (Å²) in [5, 5.41) is 3.43. The molecule has 6 heteroatoms. The van der Waals surface area contributed by atoms with Crippen LogP contribution in [0.1, 0.15) is 26.3 Å². The summed E-state index contributed by atoms with van der Waals surface area (Å²) in [6.45, 7) is 5.78. The third-order valence-electron chi connectivity index (χ3n) is 2.51. The molecular weight excluding hydrogens is 240 g/mol. The van der Waals surface area contributed by atoms with Crippen molar-refractivity contribution in [3.63, 3.8) is 0 Å². The minimum absolute atomic E-state index is 0.0750. The van der Waals surface area contributed by atoms with Crippen LogP contribution in [0.4, 0.5) is 5.82 Å². The van der Waals surface area contributed by atoms with Gasteiger partial charge < -0.3 is 11.1 Å². The van der Waals surface area contributed by atoms with Gasteiger partial charge >= 0.3 is 0 Å². The van der Waals surface area contributed by atoms with Gasteiger partial charge in [0.05, 0.1) is 0 Å². The third-order valence-corrected chi connectivity index (χ3v) is 2.84. The second kappa shape index (κ2) is 5.82. The summed E-state index contributed by atoms with van der Waals surface area (Å²) in [7, 11) is 0. The number of carbonyl (C=O) groups excluding carboxylic acids is 1. The maximum Gasteiger partial charge on any atom is 0.240 e. The standard InChI is InChI=1S/C11H17ClN4O/c1-4-7-9(12)14-5-15-11(7)16-8(6(2)3)10(13)17/h5-6,8H,4H2,1-3H3,(H2,13,17)(H,14,15,16). The van der Waals surface area contributed by atoms with Crippen LogP contribution in [0.3, 0.4) is 0 Å².